The maximum Gasteiger partial charge on any atom is 0.174 e. The normalized spacial score (nSPS) is 9.65. The molecule has 0 aliphatic carbocycles. The zero-order valence-electron chi connectivity index (χ0n) is 9.68. The lowest BCUT2D eigenvalue weighted by Crippen LogP contribution is -1.93. The van der Waals surface area contributed by atoms with Crippen LogP contribution in [0.3, 0.4) is 0 Å². The lowest BCUT2D eigenvalue weighted by Gasteiger charge is -2.05. The number of ether oxygens (including phenoxy) is 1. The van der Waals surface area contributed by atoms with Crippen molar-refractivity contribution in [2.45, 2.75) is 6.92 Å². The first kappa shape index (κ1) is 11.2. The average molecular weight is 223 g/mol. The summed E-state index contributed by atoms with van der Waals surface area (Å²) in [5.41, 5.74) is 3.49. The largest absolute Gasteiger partial charge is 0.479 e. The number of nitrogens with zero attached hydrogens (tertiary/aromatic N) is 1. The Labute approximate surface area is 101 Å². The van der Waals surface area contributed by atoms with Crippen molar-refractivity contribution in [1.82, 2.24) is 0 Å². The van der Waals surface area contributed by atoms with Crippen LogP contribution in [0.25, 0.3) is 11.1 Å². The summed E-state index contributed by atoms with van der Waals surface area (Å²) in [5, 5.41) is 8.47. The highest BCUT2D eigenvalue weighted by atomic mass is 16.5. The van der Waals surface area contributed by atoms with Gasteiger partial charge in [0.05, 0.1) is 0 Å². The van der Waals surface area contributed by atoms with Crippen LogP contribution in [0.1, 0.15) is 5.56 Å². The second-order valence-electron chi connectivity index (χ2n) is 3.84. The summed E-state index contributed by atoms with van der Waals surface area (Å²) in [6.45, 7) is 2.15. The fourth-order valence-electron chi connectivity index (χ4n) is 1.63. The van der Waals surface area contributed by atoms with E-state index < -0.39 is 0 Å². The first-order chi connectivity index (χ1) is 8.29. The minimum Gasteiger partial charge on any atom is -0.479 e. The van der Waals surface area contributed by atoms with Gasteiger partial charge in [0.15, 0.2) is 6.61 Å². The molecule has 0 fully saturated rings. The van der Waals surface area contributed by atoms with Crippen molar-refractivity contribution in [1.29, 1.82) is 5.26 Å². The van der Waals surface area contributed by atoms with Crippen LogP contribution in [0.2, 0.25) is 0 Å². The fourth-order valence-corrected chi connectivity index (χ4v) is 1.63. The second kappa shape index (κ2) is 5.18. The third kappa shape index (κ3) is 2.85. The summed E-state index contributed by atoms with van der Waals surface area (Å²) in [6, 6.07) is 18.1. The van der Waals surface area contributed by atoms with Crippen molar-refractivity contribution in [3.8, 4) is 22.9 Å². The maximum atomic E-state index is 8.47. The van der Waals surface area contributed by atoms with E-state index in [0.717, 1.165) is 16.9 Å². The van der Waals surface area contributed by atoms with Gasteiger partial charge >= 0.3 is 0 Å². The van der Waals surface area contributed by atoms with Crippen LogP contribution in [-0.2, 0) is 0 Å². The molecule has 84 valence electrons. The van der Waals surface area contributed by atoms with E-state index in [1.807, 2.05) is 30.3 Å². The predicted molar refractivity (Wildman–Crippen MR) is 67.7 cm³/mol. The molecule has 0 bridgehead atoms. The van der Waals surface area contributed by atoms with Crippen molar-refractivity contribution >= 4 is 0 Å². The Bertz CT molecular complexity index is 538. The second-order valence-corrected chi connectivity index (χ2v) is 3.84. The Morgan fingerprint density at radius 2 is 1.82 bits per heavy atom. The minimum atomic E-state index is 0.0807. The zero-order chi connectivity index (χ0) is 12.1. The topological polar surface area (TPSA) is 33.0 Å². The smallest absolute Gasteiger partial charge is 0.174 e. The van der Waals surface area contributed by atoms with Crippen LogP contribution in [0, 0.1) is 18.3 Å². The van der Waals surface area contributed by atoms with Gasteiger partial charge in [-0.1, -0.05) is 42.0 Å². The molecule has 0 aliphatic rings. The molecule has 2 heteroatoms. The molecule has 17 heavy (non-hydrogen) atoms. The SMILES string of the molecule is Cc1ccc(-c2cccc(OCC#N)c2)cc1. The van der Waals surface area contributed by atoms with Gasteiger partial charge in [0.1, 0.15) is 11.8 Å². The Morgan fingerprint density at radius 1 is 1.06 bits per heavy atom. The lowest BCUT2D eigenvalue weighted by molar-refractivity contribution is 0.368. The zero-order valence-corrected chi connectivity index (χ0v) is 9.68. The molecule has 2 aromatic carbocycles. The van der Waals surface area contributed by atoms with Gasteiger partial charge in [-0.05, 0) is 30.2 Å². The average Bonchev–Trinajstić information content (AvgIpc) is 2.37. The van der Waals surface area contributed by atoms with Crippen molar-refractivity contribution in [2.75, 3.05) is 6.61 Å². The van der Waals surface area contributed by atoms with E-state index in [2.05, 4.69) is 31.2 Å². The van der Waals surface area contributed by atoms with Crippen molar-refractivity contribution in [3.63, 3.8) is 0 Å². The molecule has 0 saturated carbocycles. The van der Waals surface area contributed by atoms with Crippen LogP contribution in [-0.4, -0.2) is 6.61 Å². The Morgan fingerprint density at radius 3 is 2.53 bits per heavy atom. The quantitative estimate of drug-likeness (QED) is 0.797. The summed E-state index contributed by atoms with van der Waals surface area (Å²) in [7, 11) is 0. The van der Waals surface area contributed by atoms with Gasteiger partial charge in [0.25, 0.3) is 0 Å². The van der Waals surface area contributed by atoms with E-state index in [1.165, 1.54) is 5.56 Å². The van der Waals surface area contributed by atoms with Gasteiger partial charge in [0, 0.05) is 0 Å². The summed E-state index contributed by atoms with van der Waals surface area (Å²) in [4.78, 5) is 0. The number of aryl methyl sites for hydroxylation is 1. The highest BCUT2D eigenvalue weighted by molar-refractivity contribution is 5.65. The molecule has 0 atom stereocenters. The van der Waals surface area contributed by atoms with E-state index in [4.69, 9.17) is 10.00 Å². The molecular formula is C15H13NO. The van der Waals surface area contributed by atoms with Gasteiger partial charge in [-0.3, -0.25) is 0 Å². The van der Waals surface area contributed by atoms with Crippen molar-refractivity contribution < 1.29 is 4.74 Å². The molecule has 0 aliphatic heterocycles. The Balaban J connectivity index is 2.27. The maximum absolute atomic E-state index is 8.47. The number of rotatable bonds is 3. The van der Waals surface area contributed by atoms with Crippen LogP contribution >= 0.6 is 0 Å². The molecule has 2 nitrogen and oxygen atoms in total. The van der Waals surface area contributed by atoms with E-state index in [1.54, 1.807) is 0 Å². The molecule has 0 N–H and O–H groups in total. The first-order valence-corrected chi connectivity index (χ1v) is 5.46. The van der Waals surface area contributed by atoms with Gasteiger partial charge in [-0.2, -0.15) is 5.26 Å². The summed E-state index contributed by atoms with van der Waals surface area (Å²) >= 11 is 0. The van der Waals surface area contributed by atoms with E-state index in [-0.39, 0.29) is 6.61 Å². The number of hydrogen-bond acceptors (Lipinski definition) is 2. The molecule has 0 unspecified atom stereocenters. The number of nitriles is 1. The van der Waals surface area contributed by atoms with Crippen LogP contribution in [0.4, 0.5) is 0 Å². The lowest BCUT2D eigenvalue weighted by atomic mass is 10.0. The predicted octanol–water partition coefficient (Wildman–Crippen LogP) is 3.56. The molecule has 2 aromatic rings. The standard InChI is InChI=1S/C15H13NO/c1-12-5-7-13(8-6-12)14-3-2-4-15(11-14)17-10-9-16/h2-8,11H,10H2,1H3. The monoisotopic (exact) mass is 223 g/mol. The van der Waals surface area contributed by atoms with Gasteiger partial charge in [-0.15, -0.1) is 0 Å². The van der Waals surface area contributed by atoms with Gasteiger partial charge in [-0.25, -0.2) is 0 Å². The van der Waals surface area contributed by atoms with Crippen LogP contribution in [0.5, 0.6) is 5.75 Å². The third-order valence-electron chi connectivity index (χ3n) is 2.52. The Kier molecular flexibility index (Phi) is 3.42. The van der Waals surface area contributed by atoms with E-state index in [9.17, 15) is 0 Å². The van der Waals surface area contributed by atoms with Gasteiger partial charge < -0.3 is 4.74 Å². The van der Waals surface area contributed by atoms with E-state index >= 15 is 0 Å². The first-order valence-electron chi connectivity index (χ1n) is 5.46. The highest BCUT2D eigenvalue weighted by Gasteiger charge is 1.99. The molecule has 0 spiro atoms. The summed E-state index contributed by atoms with van der Waals surface area (Å²) < 4.78 is 5.28. The molecular weight excluding hydrogens is 210 g/mol. The van der Waals surface area contributed by atoms with Crippen molar-refractivity contribution in [2.24, 2.45) is 0 Å². The number of benzene rings is 2. The van der Waals surface area contributed by atoms with Crippen LogP contribution < -0.4 is 4.74 Å². The molecule has 0 saturated heterocycles. The summed E-state index contributed by atoms with van der Waals surface area (Å²) in [5.74, 6) is 0.727. The number of hydrogen-bond donors (Lipinski definition) is 0. The summed E-state index contributed by atoms with van der Waals surface area (Å²) in [6.07, 6.45) is 0. The molecule has 0 aromatic heterocycles. The van der Waals surface area contributed by atoms with Crippen LogP contribution in [0.15, 0.2) is 48.5 Å². The molecule has 2 rings (SSSR count). The highest BCUT2D eigenvalue weighted by Crippen LogP contribution is 2.24. The Hall–Kier alpha value is -2.27. The third-order valence-corrected chi connectivity index (χ3v) is 2.52. The van der Waals surface area contributed by atoms with Crippen molar-refractivity contribution in [3.05, 3.63) is 54.1 Å². The fraction of sp³-hybridized carbons (Fsp3) is 0.133. The molecule has 0 amide bonds. The van der Waals surface area contributed by atoms with Gasteiger partial charge in [0.2, 0.25) is 0 Å². The minimum absolute atomic E-state index is 0.0807. The molecule has 0 radical (unpaired) electrons. The molecule has 0 heterocycles. The van der Waals surface area contributed by atoms with E-state index in [0.29, 0.717) is 0 Å².